The molecule has 0 aromatic rings. The lowest BCUT2D eigenvalue weighted by atomic mass is 9.70. The average Bonchev–Trinajstić information content (AvgIpc) is 1.95. The molecule has 0 heterocycles. The molecule has 2 unspecified atom stereocenters. The van der Waals surface area contributed by atoms with Gasteiger partial charge in [0.1, 0.15) is 0 Å². The first-order valence-corrected chi connectivity index (χ1v) is 4.35. The number of aliphatic hydroxyl groups is 1. The summed E-state index contributed by atoms with van der Waals surface area (Å²) in [5.74, 6) is 1.03. The number of allylic oxidation sites excluding steroid dienone is 1. The van der Waals surface area contributed by atoms with Crippen molar-refractivity contribution in [1.82, 2.24) is 0 Å². The Hall–Kier alpha value is -0.300. The normalized spacial score (nSPS) is 35.6. The second kappa shape index (κ2) is 2.98. The lowest BCUT2D eigenvalue weighted by Crippen LogP contribution is -2.28. The molecule has 0 spiro atoms. The molecule has 0 aromatic heterocycles. The van der Waals surface area contributed by atoms with Crippen molar-refractivity contribution in [3.05, 3.63) is 12.2 Å². The maximum absolute atomic E-state index is 8.96. The van der Waals surface area contributed by atoms with Gasteiger partial charge < -0.3 is 5.11 Å². The van der Waals surface area contributed by atoms with Gasteiger partial charge in [-0.1, -0.05) is 32.9 Å². The average molecular weight is 154 g/mol. The Bertz CT molecular complexity index is 158. The minimum Gasteiger partial charge on any atom is -0.396 e. The van der Waals surface area contributed by atoms with Crippen molar-refractivity contribution < 1.29 is 5.11 Å². The largest absolute Gasteiger partial charge is 0.396 e. The summed E-state index contributed by atoms with van der Waals surface area (Å²) in [5, 5.41) is 8.96. The van der Waals surface area contributed by atoms with Crippen LogP contribution >= 0.6 is 0 Å². The van der Waals surface area contributed by atoms with Gasteiger partial charge in [-0.25, -0.2) is 0 Å². The van der Waals surface area contributed by atoms with Gasteiger partial charge in [-0.05, 0) is 17.8 Å². The third-order valence-electron chi connectivity index (χ3n) is 2.93. The Balaban J connectivity index is 2.68. The molecule has 1 heteroatoms. The Labute approximate surface area is 69.1 Å². The summed E-state index contributed by atoms with van der Waals surface area (Å²) in [4.78, 5) is 0. The molecule has 64 valence electrons. The van der Waals surface area contributed by atoms with E-state index >= 15 is 0 Å². The minimum absolute atomic E-state index is 0.298. The van der Waals surface area contributed by atoms with E-state index in [-0.39, 0.29) is 0 Å². The van der Waals surface area contributed by atoms with Crippen LogP contribution in [0.4, 0.5) is 0 Å². The van der Waals surface area contributed by atoms with Gasteiger partial charge >= 0.3 is 0 Å². The summed E-state index contributed by atoms with van der Waals surface area (Å²) in [6, 6.07) is 0. The second-order valence-electron chi connectivity index (χ2n) is 4.31. The number of hydrogen-bond acceptors (Lipinski definition) is 1. The summed E-state index contributed by atoms with van der Waals surface area (Å²) < 4.78 is 0. The highest BCUT2D eigenvalue weighted by atomic mass is 16.3. The van der Waals surface area contributed by atoms with E-state index in [1.165, 1.54) is 0 Å². The van der Waals surface area contributed by atoms with Crippen LogP contribution in [0.15, 0.2) is 12.2 Å². The first kappa shape index (κ1) is 8.79. The van der Waals surface area contributed by atoms with Crippen LogP contribution in [0.25, 0.3) is 0 Å². The molecule has 2 atom stereocenters. The third-order valence-corrected chi connectivity index (χ3v) is 2.93. The predicted octanol–water partition coefficient (Wildman–Crippen LogP) is 2.22. The standard InChI is InChI=1S/C10H18O/c1-8-4-5-9(7-11)6-10(8,2)3/h4-5,8-9,11H,6-7H2,1-3H3. The fourth-order valence-electron chi connectivity index (χ4n) is 1.64. The van der Waals surface area contributed by atoms with Crippen LogP contribution in [0.5, 0.6) is 0 Å². The fourth-order valence-corrected chi connectivity index (χ4v) is 1.64. The van der Waals surface area contributed by atoms with Crippen LogP contribution in [0, 0.1) is 17.3 Å². The van der Waals surface area contributed by atoms with Crippen LogP contribution < -0.4 is 0 Å². The molecule has 11 heavy (non-hydrogen) atoms. The molecular weight excluding hydrogens is 136 g/mol. The Kier molecular flexibility index (Phi) is 2.38. The summed E-state index contributed by atoms with van der Waals surface area (Å²) >= 11 is 0. The van der Waals surface area contributed by atoms with Crippen molar-refractivity contribution in [2.75, 3.05) is 6.61 Å². The smallest absolute Gasteiger partial charge is 0.0494 e. The quantitative estimate of drug-likeness (QED) is 0.574. The molecule has 0 aliphatic heterocycles. The van der Waals surface area contributed by atoms with Gasteiger partial charge in [-0.15, -0.1) is 0 Å². The highest BCUT2D eigenvalue weighted by Crippen LogP contribution is 2.38. The van der Waals surface area contributed by atoms with Crippen molar-refractivity contribution in [2.45, 2.75) is 27.2 Å². The Morgan fingerprint density at radius 2 is 2.09 bits per heavy atom. The minimum atomic E-state index is 0.298. The monoisotopic (exact) mass is 154 g/mol. The van der Waals surface area contributed by atoms with E-state index in [0.717, 1.165) is 6.42 Å². The number of hydrogen-bond donors (Lipinski definition) is 1. The third kappa shape index (κ3) is 1.84. The molecule has 1 rings (SSSR count). The summed E-state index contributed by atoms with van der Waals surface area (Å²) in [7, 11) is 0. The summed E-state index contributed by atoms with van der Waals surface area (Å²) in [5.41, 5.74) is 0.363. The zero-order chi connectivity index (χ0) is 8.48. The molecule has 0 aromatic carbocycles. The van der Waals surface area contributed by atoms with Gasteiger partial charge in [0, 0.05) is 12.5 Å². The van der Waals surface area contributed by atoms with Gasteiger partial charge in [0.05, 0.1) is 0 Å². The Morgan fingerprint density at radius 3 is 2.55 bits per heavy atom. The van der Waals surface area contributed by atoms with Crippen molar-refractivity contribution in [2.24, 2.45) is 17.3 Å². The van der Waals surface area contributed by atoms with E-state index in [1.54, 1.807) is 0 Å². The van der Waals surface area contributed by atoms with E-state index in [0.29, 0.717) is 23.9 Å². The molecule has 1 aliphatic carbocycles. The maximum atomic E-state index is 8.96. The van der Waals surface area contributed by atoms with E-state index in [1.807, 2.05) is 0 Å². The van der Waals surface area contributed by atoms with Gasteiger partial charge in [0.15, 0.2) is 0 Å². The van der Waals surface area contributed by atoms with Gasteiger partial charge in [0.25, 0.3) is 0 Å². The van der Waals surface area contributed by atoms with Crippen molar-refractivity contribution in [1.29, 1.82) is 0 Å². The lowest BCUT2D eigenvalue weighted by molar-refractivity contribution is 0.157. The van der Waals surface area contributed by atoms with Crippen LogP contribution in [0.2, 0.25) is 0 Å². The summed E-state index contributed by atoms with van der Waals surface area (Å²) in [6.07, 6.45) is 5.49. The zero-order valence-electron chi connectivity index (χ0n) is 7.67. The Morgan fingerprint density at radius 1 is 1.45 bits per heavy atom. The fraction of sp³-hybridized carbons (Fsp3) is 0.800. The van der Waals surface area contributed by atoms with Crippen LogP contribution in [-0.4, -0.2) is 11.7 Å². The molecule has 1 nitrogen and oxygen atoms in total. The molecule has 0 radical (unpaired) electrons. The molecule has 0 saturated carbocycles. The molecule has 0 saturated heterocycles. The highest BCUT2D eigenvalue weighted by molar-refractivity contribution is 5.03. The van der Waals surface area contributed by atoms with Crippen LogP contribution in [0.1, 0.15) is 27.2 Å². The van der Waals surface area contributed by atoms with Crippen LogP contribution in [0.3, 0.4) is 0 Å². The number of rotatable bonds is 1. The van der Waals surface area contributed by atoms with E-state index < -0.39 is 0 Å². The first-order valence-electron chi connectivity index (χ1n) is 4.35. The maximum Gasteiger partial charge on any atom is 0.0494 e. The molecule has 0 bridgehead atoms. The molecule has 1 N–H and O–H groups in total. The molecular formula is C10H18O. The van der Waals surface area contributed by atoms with Crippen molar-refractivity contribution in [3.63, 3.8) is 0 Å². The SMILES string of the molecule is CC1C=CC(CO)CC1(C)C. The van der Waals surface area contributed by atoms with E-state index in [2.05, 4.69) is 32.9 Å². The van der Waals surface area contributed by atoms with Crippen molar-refractivity contribution >= 4 is 0 Å². The van der Waals surface area contributed by atoms with Gasteiger partial charge in [-0.3, -0.25) is 0 Å². The van der Waals surface area contributed by atoms with Gasteiger partial charge in [0.2, 0.25) is 0 Å². The molecule has 0 amide bonds. The van der Waals surface area contributed by atoms with Crippen molar-refractivity contribution in [3.8, 4) is 0 Å². The zero-order valence-corrected chi connectivity index (χ0v) is 7.67. The van der Waals surface area contributed by atoms with E-state index in [9.17, 15) is 0 Å². The first-order chi connectivity index (χ1) is 5.06. The number of aliphatic hydroxyl groups excluding tert-OH is 1. The topological polar surface area (TPSA) is 20.2 Å². The lowest BCUT2D eigenvalue weighted by Gasteiger charge is -2.36. The van der Waals surface area contributed by atoms with Crippen LogP contribution in [-0.2, 0) is 0 Å². The molecule has 1 aliphatic rings. The molecule has 0 fully saturated rings. The summed E-state index contributed by atoms with van der Waals surface area (Å²) in [6.45, 7) is 7.07. The van der Waals surface area contributed by atoms with Gasteiger partial charge in [-0.2, -0.15) is 0 Å². The predicted molar refractivity (Wildman–Crippen MR) is 47.3 cm³/mol. The second-order valence-corrected chi connectivity index (χ2v) is 4.31. The highest BCUT2D eigenvalue weighted by Gasteiger charge is 2.29. The van der Waals surface area contributed by atoms with E-state index in [4.69, 9.17) is 5.11 Å².